The van der Waals surface area contributed by atoms with Crippen molar-refractivity contribution in [1.82, 2.24) is 14.3 Å². The van der Waals surface area contributed by atoms with E-state index in [-0.39, 0.29) is 6.04 Å². The standard InChI is InChI=1S/C20H24ClN5O3S/c1-25-13-18(29-17-5-3-15(21)4-6-17)11-14-12-22-20(24-19(14)25)23-16-7-9-26(10-8-16)30(2,27)28/h3-6,11-12,16H,7-10,13H2,1-2H3,(H,22,23,24). The van der Waals surface area contributed by atoms with Crippen molar-refractivity contribution in [2.75, 3.05) is 43.2 Å². The molecule has 1 aromatic carbocycles. The number of hydrogen-bond acceptors (Lipinski definition) is 7. The summed E-state index contributed by atoms with van der Waals surface area (Å²) < 4.78 is 30.8. The molecule has 0 radical (unpaired) electrons. The Balaban J connectivity index is 1.43. The fraction of sp³-hybridized carbons (Fsp3) is 0.400. The third-order valence-corrected chi connectivity index (χ3v) is 6.74. The van der Waals surface area contributed by atoms with Gasteiger partial charge in [0.25, 0.3) is 0 Å². The summed E-state index contributed by atoms with van der Waals surface area (Å²) in [6.45, 7) is 1.60. The summed E-state index contributed by atoms with van der Waals surface area (Å²) in [5.74, 6) is 2.89. The lowest BCUT2D eigenvalue weighted by atomic mass is 10.1. The zero-order valence-corrected chi connectivity index (χ0v) is 18.4. The predicted octanol–water partition coefficient (Wildman–Crippen LogP) is 2.84. The van der Waals surface area contributed by atoms with Gasteiger partial charge < -0.3 is 15.0 Å². The largest absolute Gasteiger partial charge is 0.460 e. The predicted molar refractivity (Wildman–Crippen MR) is 118 cm³/mol. The van der Waals surface area contributed by atoms with Gasteiger partial charge in [0, 0.05) is 43.0 Å². The summed E-state index contributed by atoms with van der Waals surface area (Å²) in [5.41, 5.74) is 0.880. The molecule has 0 atom stereocenters. The molecule has 0 saturated carbocycles. The van der Waals surface area contributed by atoms with Gasteiger partial charge in [-0.05, 0) is 43.2 Å². The minimum absolute atomic E-state index is 0.147. The first-order chi connectivity index (χ1) is 14.3. The van der Waals surface area contributed by atoms with E-state index in [1.807, 2.05) is 30.2 Å². The first-order valence-corrected chi connectivity index (χ1v) is 11.9. The Morgan fingerprint density at radius 1 is 1.20 bits per heavy atom. The average molecular weight is 450 g/mol. The Bertz CT molecular complexity index is 1050. The smallest absolute Gasteiger partial charge is 0.224 e. The van der Waals surface area contributed by atoms with Crippen molar-refractivity contribution in [1.29, 1.82) is 0 Å². The number of rotatable bonds is 5. The molecule has 0 bridgehead atoms. The van der Waals surface area contributed by atoms with Crippen molar-refractivity contribution in [2.24, 2.45) is 0 Å². The number of sulfonamides is 1. The summed E-state index contributed by atoms with van der Waals surface area (Å²) in [6, 6.07) is 7.39. The van der Waals surface area contributed by atoms with Crippen molar-refractivity contribution in [2.45, 2.75) is 18.9 Å². The highest BCUT2D eigenvalue weighted by Crippen LogP contribution is 2.28. The van der Waals surface area contributed by atoms with Gasteiger partial charge >= 0.3 is 0 Å². The first kappa shape index (κ1) is 20.9. The van der Waals surface area contributed by atoms with Crippen molar-refractivity contribution >= 4 is 39.5 Å². The number of anilines is 2. The van der Waals surface area contributed by atoms with Crippen LogP contribution in [0, 0.1) is 0 Å². The van der Waals surface area contributed by atoms with Crippen LogP contribution in [-0.2, 0) is 10.0 Å². The number of aromatic nitrogens is 2. The fourth-order valence-corrected chi connectivity index (χ4v) is 4.62. The highest BCUT2D eigenvalue weighted by molar-refractivity contribution is 7.88. The molecule has 2 aromatic rings. The molecule has 2 aliphatic heterocycles. The summed E-state index contributed by atoms with van der Waals surface area (Å²) >= 11 is 5.93. The highest BCUT2D eigenvalue weighted by atomic mass is 35.5. The van der Waals surface area contributed by atoms with Gasteiger partial charge in [-0.2, -0.15) is 4.98 Å². The molecule has 4 rings (SSSR count). The second-order valence-electron chi connectivity index (χ2n) is 7.58. The van der Waals surface area contributed by atoms with E-state index in [4.69, 9.17) is 16.3 Å². The average Bonchev–Trinajstić information content (AvgIpc) is 2.70. The SMILES string of the molecule is CN1CC(Oc2ccc(Cl)cc2)=Cc2cnc(NC3CCN(S(C)(=O)=O)CC3)nc21. The minimum atomic E-state index is -3.13. The molecule has 0 unspecified atom stereocenters. The molecule has 2 aliphatic rings. The number of likely N-dealkylation sites (N-methyl/N-ethyl adjacent to an activating group) is 1. The Kier molecular flexibility index (Phi) is 5.86. The molecule has 160 valence electrons. The van der Waals surface area contributed by atoms with Crippen molar-refractivity contribution < 1.29 is 13.2 Å². The van der Waals surface area contributed by atoms with Crippen LogP contribution in [0.3, 0.4) is 0 Å². The molecule has 1 aromatic heterocycles. The molecule has 0 aliphatic carbocycles. The lowest BCUT2D eigenvalue weighted by Crippen LogP contribution is -2.42. The molecule has 3 heterocycles. The van der Waals surface area contributed by atoms with Gasteiger partial charge in [0.05, 0.1) is 12.8 Å². The van der Waals surface area contributed by atoms with Gasteiger partial charge in [-0.3, -0.25) is 0 Å². The van der Waals surface area contributed by atoms with Gasteiger partial charge in [0.15, 0.2) is 0 Å². The lowest BCUT2D eigenvalue weighted by molar-refractivity contribution is 0.331. The summed E-state index contributed by atoms with van der Waals surface area (Å²) in [4.78, 5) is 11.1. The number of hydrogen-bond donors (Lipinski definition) is 1. The number of fused-ring (bicyclic) bond motifs is 1. The molecule has 1 fully saturated rings. The van der Waals surface area contributed by atoms with Crippen molar-refractivity contribution in [3.63, 3.8) is 0 Å². The molecule has 0 spiro atoms. The maximum Gasteiger partial charge on any atom is 0.224 e. The molecule has 30 heavy (non-hydrogen) atoms. The van der Waals surface area contributed by atoms with E-state index in [0.717, 1.165) is 35.7 Å². The van der Waals surface area contributed by atoms with Crippen LogP contribution < -0.4 is 15.0 Å². The van der Waals surface area contributed by atoms with Crippen LogP contribution in [0.2, 0.25) is 5.02 Å². The Morgan fingerprint density at radius 3 is 2.57 bits per heavy atom. The highest BCUT2D eigenvalue weighted by Gasteiger charge is 2.26. The van der Waals surface area contributed by atoms with Gasteiger partial charge in [-0.15, -0.1) is 0 Å². The molecule has 0 amide bonds. The van der Waals surface area contributed by atoms with E-state index in [1.54, 1.807) is 18.3 Å². The van der Waals surface area contributed by atoms with Crippen LogP contribution in [0.25, 0.3) is 6.08 Å². The van der Waals surface area contributed by atoms with E-state index in [9.17, 15) is 8.42 Å². The van der Waals surface area contributed by atoms with Gasteiger partial charge in [-0.1, -0.05) is 11.6 Å². The van der Waals surface area contributed by atoms with Crippen LogP contribution in [0.15, 0.2) is 36.2 Å². The van der Waals surface area contributed by atoms with E-state index < -0.39 is 10.0 Å². The first-order valence-electron chi connectivity index (χ1n) is 9.72. The number of halogens is 1. The van der Waals surface area contributed by atoms with Crippen LogP contribution >= 0.6 is 11.6 Å². The normalized spacial score (nSPS) is 18.0. The summed E-state index contributed by atoms with van der Waals surface area (Å²) in [6.07, 6.45) is 6.42. The van der Waals surface area contributed by atoms with Gasteiger partial charge in [-0.25, -0.2) is 17.7 Å². The van der Waals surface area contributed by atoms with Gasteiger partial charge in [0.2, 0.25) is 16.0 Å². The molecule has 10 heteroatoms. The number of benzene rings is 1. The summed E-state index contributed by atoms with van der Waals surface area (Å²) in [5, 5.41) is 4.01. The van der Waals surface area contributed by atoms with Crippen molar-refractivity contribution in [3.8, 4) is 5.75 Å². The fourth-order valence-electron chi connectivity index (χ4n) is 3.62. The number of ether oxygens (including phenoxy) is 1. The number of piperidine rings is 1. The second kappa shape index (κ2) is 8.41. The zero-order chi connectivity index (χ0) is 21.3. The third-order valence-electron chi connectivity index (χ3n) is 5.19. The second-order valence-corrected chi connectivity index (χ2v) is 9.99. The summed E-state index contributed by atoms with van der Waals surface area (Å²) in [7, 11) is -1.17. The van der Waals surface area contributed by atoms with Crippen LogP contribution in [0.1, 0.15) is 18.4 Å². The Morgan fingerprint density at radius 2 is 1.90 bits per heavy atom. The maximum absolute atomic E-state index is 11.7. The monoisotopic (exact) mass is 449 g/mol. The third kappa shape index (κ3) is 4.85. The maximum atomic E-state index is 11.7. The van der Waals surface area contributed by atoms with Crippen LogP contribution in [0.5, 0.6) is 5.75 Å². The Labute approximate surface area is 181 Å². The Hall–Kier alpha value is -2.36. The molecule has 8 nitrogen and oxygen atoms in total. The van der Waals surface area contributed by atoms with E-state index in [2.05, 4.69) is 15.3 Å². The van der Waals surface area contributed by atoms with E-state index in [1.165, 1.54) is 10.6 Å². The molecule has 1 saturated heterocycles. The van der Waals surface area contributed by atoms with Crippen molar-refractivity contribution in [3.05, 3.63) is 46.8 Å². The van der Waals surface area contributed by atoms with Crippen LogP contribution in [-0.4, -0.2) is 61.7 Å². The minimum Gasteiger partial charge on any atom is -0.460 e. The van der Waals surface area contributed by atoms with E-state index in [0.29, 0.717) is 30.6 Å². The van der Waals surface area contributed by atoms with Gasteiger partial charge in [0.1, 0.15) is 17.3 Å². The molecule has 1 N–H and O–H groups in total. The lowest BCUT2D eigenvalue weighted by Gasteiger charge is -2.31. The number of nitrogens with one attached hydrogen (secondary N) is 1. The quantitative estimate of drug-likeness (QED) is 0.750. The molecular formula is C20H24ClN5O3S. The van der Waals surface area contributed by atoms with E-state index >= 15 is 0 Å². The topological polar surface area (TPSA) is 87.7 Å². The molecular weight excluding hydrogens is 426 g/mol. The zero-order valence-electron chi connectivity index (χ0n) is 16.9. The number of nitrogens with zero attached hydrogens (tertiary/aromatic N) is 4. The van der Waals surface area contributed by atoms with Crippen LogP contribution in [0.4, 0.5) is 11.8 Å².